The maximum absolute atomic E-state index is 12.4. The van der Waals surface area contributed by atoms with E-state index in [0.717, 1.165) is 21.0 Å². The lowest BCUT2D eigenvalue weighted by Crippen LogP contribution is -2.02. The summed E-state index contributed by atoms with van der Waals surface area (Å²) in [5, 5.41) is 0.966. The van der Waals surface area contributed by atoms with E-state index in [0.29, 0.717) is 11.3 Å². The Balaban J connectivity index is 0.00000147. The maximum atomic E-state index is 12.4. The Bertz CT molecular complexity index is 782. The van der Waals surface area contributed by atoms with Crippen molar-refractivity contribution in [2.75, 3.05) is 0 Å². The number of rotatable bonds is 2. The molecule has 0 aliphatic heterocycles. The number of aromatic nitrogens is 1. The third-order valence-corrected chi connectivity index (χ3v) is 3.45. The van der Waals surface area contributed by atoms with Crippen molar-refractivity contribution in [2.24, 2.45) is 0 Å². The molecular formula is C15H11BrClNO2. The van der Waals surface area contributed by atoms with Gasteiger partial charge in [0.05, 0.1) is 0 Å². The zero-order chi connectivity index (χ0) is 13.4. The van der Waals surface area contributed by atoms with E-state index in [9.17, 15) is 4.79 Å². The van der Waals surface area contributed by atoms with Crippen molar-refractivity contribution in [3.8, 4) is 0 Å². The van der Waals surface area contributed by atoms with Crippen molar-refractivity contribution < 1.29 is 9.21 Å². The Morgan fingerprint density at radius 2 is 2.00 bits per heavy atom. The molecule has 0 saturated heterocycles. The lowest BCUT2D eigenvalue weighted by atomic mass is 10.1. The van der Waals surface area contributed by atoms with Crippen LogP contribution in [0.25, 0.3) is 11.0 Å². The minimum absolute atomic E-state index is 0. The molecule has 5 heteroatoms. The summed E-state index contributed by atoms with van der Waals surface area (Å²) < 4.78 is 6.43. The van der Waals surface area contributed by atoms with Gasteiger partial charge < -0.3 is 4.42 Å². The third kappa shape index (κ3) is 2.49. The number of nitrogens with zero attached hydrogens (tertiary/aromatic N) is 1. The normalized spacial score (nSPS) is 10.3. The first-order valence-corrected chi connectivity index (χ1v) is 6.59. The lowest BCUT2D eigenvalue weighted by molar-refractivity contribution is 0.101. The number of carbonyl (C=O) groups is 1. The largest absolute Gasteiger partial charge is 0.452 e. The molecule has 1 aromatic carbocycles. The van der Waals surface area contributed by atoms with Gasteiger partial charge in [-0.2, -0.15) is 0 Å². The molecule has 0 radical (unpaired) electrons. The monoisotopic (exact) mass is 351 g/mol. The first kappa shape index (κ1) is 14.8. The maximum Gasteiger partial charge on any atom is 0.230 e. The predicted molar refractivity (Wildman–Crippen MR) is 83.6 cm³/mol. The minimum Gasteiger partial charge on any atom is -0.452 e. The Kier molecular flexibility index (Phi) is 4.26. The highest BCUT2D eigenvalue weighted by Gasteiger charge is 2.19. The van der Waals surface area contributed by atoms with Gasteiger partial charge in [0.1, 0.15) is 5.58 Å². The average Bonchev–Trinajstić information content (AvgIpc) is 2.76. The van der Waals surface area contributed by atoms with Crippen LogP contribution in [0.2, 0.25) is 0 Å². The summed E-state index contributed by atoms with van der Waals surface area (Å²) in [6, 6.07) is 9.37. The zero-order valence-corrected chi connectivity index (χ0v) is 13.0. The van der Waals surface area contributed by atoms with Crippen LogP contribution in [0.4, 0.5) is 0 Å². The first-order chi connectivity index (χ1) is 9.16. The molecule has 0 saturated carbocycles. The number of carbonyl (C=O) groups excluding carboxylic acids is 1. The Morgan fingerprint density at radius 3 is 2.70 bits per heavy atom. The molecule has 0 unspecified atom stereocenters. The Labute approximate surface area is 130 Å². The molecule has 0 aliphatic carbocycles. The molecule has 20 heavy (non-hydrogen) atoms. The smallest absolute Gasteiger partial charge is 0.230 e. The van der Waals surface area contributed by atoms with Gasteiger partial charge >= 0.3 is 0 Å². The Morgan fingerprint density at radius 1 is 1.25 bits per heavy atom. The summed E-state index contributed by atoms with van der Waals surface area (Å²) >= 11 is 3.31. The fourth-order valence-electron chi connectivity index (χ4n) is 2.06. The summed E-state index contributed by atoms with van der Waals surface area (Å²) in [7, 11) is 0. The van der Waals surface area contributed by atoms with Crippen molar-refractivity contribution in [3.05, 3.63) is 64.1 Å². The molecule has 0 bridgehead atoms. The van der Waals surface area contributed by atoms with Crippen molar-refractivity contribution in [2.45, 2.75) is 6.92 Å². The summed E-state index contributed by atoms with van der Waals surface area (Å²) in [5.41, 5.74) is 2.10. The molecule has 0 atom stereocenters. The molecule has 0 amide bonds. The number of para-hydroxylation sites is 1. The van der Waals surface area contributed by atoms with Gasteiger partial charge in [-0.25, -0.2) is 0 Å². The van der Waals surface area contributed by atoms with Gasteiger partial charge in [-0.15, -0.1) is 12.4 Å². The van der Waals surface area contributed by atoms with Crippen molar-refractivity contribution in [1.82, 2.24) is 4.98 Å². The van der Waals surface area contributed by atoms with Crippen molar-refractivity contribution in [3.63, 3.8) is 0 Å². The lowest BCUT2D eigenvalue weighted by Gasteiger charge is -1.99. The molecule has 3 rings (SSSR count). The van der Waals surface area contributed by atoms with Crippen LogP contribution >= 0.6 is 28.3 Å². The third-order valence-electron chi connectivity index (χ3n) is 3.02. The van der Waals surface area contributed by atoms with E-state index in [4.69, 9.17) is 4.42 Å². The van der Waals surface area contributed by atoms with Crippen molar-refractivity contribution >= 4 is 45.1 Å². The van der Waals surface area contributed by atoms with E-state index in [-0.39, 0.29) is 18.2 Å². The summed E-state index contributed by atoms with van der Waals surface area (Å²) in [6.45, 7) is 1.89. The van der Waals surface area contributed by atoms with Gasteiger partial charge in [0.2, 0.25) is 5.78 Å². The van der Waals surface area contributed by atoms with Crippen LogP contribution in [0.15, 0.2) is 51.6 Å². The van der Waals surface area contributed by atoms with Crippen LogP contribution in [0.1, 0.15) is 21.7 Å². The van der Waals surface area contributed by atoms with E-state index in [1.807, 2.05) is 31.2 Å². The van der Waals surface area contributed by atoms with Gasteiger partial charge in [-0.1, -0.05) is 18.2 Å². The molecular weight excluding hydrogens is 342 g/mol. The summed E-state index contributed by atoms with van der Waals surface area (Å²) in [5.74, 6) is 0.226. The zero-order valence-electron chi connectivity index (χ0n) is 10.6. The van der Waals surface area contributed by atoms with Crippen LogP contribution in [-0.4, -0.2) is 10.8 Å². The molecule has 2 aromatic heterocycles. The van der Waals surface area contributed by atoms with E-state index in [1.165, 1.54) is 0 Å². The van der Waals surface area contributed by atoms with Gasteiger partial charge in [-0.3, -0.25) is 9.78 Å². The first-order valence-electron chi connectivity index (χ1n) is 5.80. The number of hydrogen-bond acceptors (Lipinski definition) is 3. The number of hydrogen-bond donors (Lipinski definition) is 0. The standard InChI is InChI=1S/C15H10BrNO2.ClH/c1-9-12-4-2-3-5-13(12)19-15(9)14(18)10-6-11(16)8-17-7-10;/h2-8H,1H3;1H. The van der Waals surface area contributed by atoms with E-state index in [2.05, 4.69) is 20.9 Å². The Hall–Kier alpha value is -1.65. The topological polar surface area (TPSA) is 43.1 Å². The molecule has 102 valence electrons. The molecule has 0 fully saturated rings. The van der Waals surface area contributed by atoms with Crippen LogP contribution < -0.4 is 0 Å². The molecule has 3 nitrogen and oxygen atoms in total. The van der Waals surface area contributed by atoms with Crippen LogP contribution in [0, 0.1) is 6.92 Å². The minimum atomic E-state index is -0.150. The number of pyridine rings is 1. The number of halogens is 2. The van der Waals surface area contributed by atoms with Gasteiger partial charge in [0.15, 0.2) is 5.76 Å². The molecule has 0 N–H and O–H groups in total. The fraction of sp³-hybridized carbons (Fsp3) is 0.0667. The SMILES string of the molecule is Cc1c(C(=O)c2cncc(Br)c2)oc2ccccc12.Cl. The van der Waals surface area contributed by atoms with Gasteiger partial charge in [0, 0.05) is 33.4 Å². The average molecular weight is 353 g/mol. The number of aryl methyl sites for hydroxylation is 1. The molecule has 2 heterocycles. The highest BCUT2D eigenvalue weighted by atomic mass is 79.9. The van der Waals surface area contributed by atoms with Crippen LogP contribution in [-0.2, 0) is 0 Å². The van der Waals surface area contributed by atoms with Gasteiger partial charge in [0.25, 0.3) is 0 Å². The number of furan rings is 1. The second-order valence-corrected chi connectivity index (χ2v) is 5.19. The molecule has 0 aliphatic rings. The molecule has 3 aromatic rings. The summed E-state index contributed by atoms with van der Waals surface area (Å²) in [4.78, 5) is 16.4. The summed E-state index contributed by atoms with van der Waals surface area (Å²) in [6.07, 6.45) is 3.18. The van der Waals surface area contributed by atoms with Gasteiger partial charge in [-0.05, 0) is 35.0 Å². The van der Waals surface area contributed by atoms with E-state index >= 15 is 0 Å². The highest BCUT2D eigenvalue weighted by molar-refractivity contribution is 9.10. The molecule has 0 spiro atoms. The number of ketones is 1. The van der Waals surface area contributed by atoms with E-state index in [1.54, 1.807) is 18.5 Å². The second-order valence-electron chi connectivity index (χ2n) is 4.27. The predicted octanol–water partition coefficient (Wildman–Crippen LogP) is 4.55. The fourth-order valence-corrected chi connectivity index (χ4v) is 2.42. The number of fused-ring (bicyclic) bond motifs is 1. The highest BCUT2D eigenvalue weighted by Crippen LogP contribution is 2.27. The van der Waals surface area contributed by atoms with Crippen LogP contribution in [0.5, 0.6) is 0 Å². The second kappa shape index (κ2) is 5.77. The quantitative estimate of drug-likeness (QED) is 0.635. The number of benzene rings is 1. The van der Waals surface area contributed by atoms with Crippen molar-refractivity contribution in [1.29, 1.82) is 0 Å². The van der Waals surface area contributed by atoms with Crippen LogP contribution in [0.3, 0.4) is 0 Å². The van der Waals surface area contributed by atoms with E-state index < -0.39 is 0 Å².